The molecule has 1 aromatic rings. The Morgan fingerprint density at radius 2 is 2.12 bits per heavy atom. The van der Waals surface area contributed by atoms with E-state index in [1.807, 2.05) is 13.0 Å². The van der Waals surface area contributed by atoms with Crippen LogP contribution in [0.1, 0.15) is 18.9 Å². The Kier molecular flexibility index (Phi) is 7.72. The van der Waals surface area contributed by atoms with Gasteiger partial charge in [-0.25, -0.2) is 0 Å². The van der Waals surface area contributed by atoms with Gasteiger partial charge in [0.1, 0.15) is 0 Å². The Balaban J connectivity index is 1.95. The molecule has 0 unspecified atom stereocenters. The van der Waals surface area contributed by atoms with E-state index in [1.165, 1.54) is 5.56 Å². The van der Waals surface area contributed by atoms with Crippen LogP contribution in [-0.2, 0) is 11.3 Å². The van der Waals surface area contributed by atoms with Crippen LogP contribution in [0.5, 0.6) is 0 Å². The third-order valence-corrected chi connectivity index (χ3v) is 2.70. The largest absolute Gasteiger partial charge is 0.377 e. The molecule has 0 aliphatic carbocycles. The van der Waals surface area contributed by atoms with Crippen LogP contribution in [0, 0.1) is 0 Å². The molecule has 1 rings (SSSR count). The van der Waals surface area contributed by atoms with Gasteiger partial charge in [0.25, 0.3) is 0 Å². The second kappa shape index (κ2) is 9.23. The smallest absolute Gasteiger partial charge is 0.0685 e. The minimum Gasteiger partial charge on any atom is -0.377 e. The number of benzene rings is 1. The van der Waals surface area contributed by atoms with Crippen molar-refractivity contribution in [3.8, 4) is 0 Å². The van der Waals surface area contributed by atoms with Crippen molar-refractivity contribution in [3.05, 3.63) is 47.0 Å². The van der Waals surface area contributed by atoms with Crippen molar-refractivity contribution in [2.45, 2.75) is 19.9 Å². The zero-order valence-electron chi connectivity index (χ0n) is 10.3. The van der Waals surface area contributed by atoms with E-state index in [0.717, 1.165) is 31.7 Å². The van der Waals surface area contributed by atoms with E-state index in [9.17, 15) is 0 Å². The van der Waals surface area contributed by atoms with E-state index in [-0.39, 0.29) is 0 Å². The maximum atomic E-state index is 5.53. The average molecular weight is 254 g/mol. The molecule has 1 aromatic carbocycles. The quantitative estimate of drug-likeness (QED) is 0.718. The van der Waals surface area contributed by atoms with Crippen molar-refractivity contribution < 1.29 is 4.74 Å². The summed E-state index contributed by atoms with van der Waals surface area (Å²) in [5.41, 5.74) is 3.94. The topological polar surface area (TPSA) is 21.3 Å². The van der Waals surface area contributed by atoms with Crippen LogP contribution in [0.3, 0.4) is 0 Å². The molecule has 17 heavy (non-hydrogen) atoms. The SMILES string of the molecule is C/C(=C/Cl)COCCCNCc1ccccc1. The maximum absolute atomic E-state index is 5.53. The summed E-state index contributed by atoms with van der Waals surface area (Å²) in [5.74, 6) is 0. The summed E-state index contributed by atoms with van der Waals surface area (Å²) >= 11 is 5.53. The summed E-state index contributed by atoms with van der Waals surface area (Å²) in [7, 11) is 0. The van der Waals surface area contributed by atoms with Crippen LogP contribution in [-0.4, -0.2) is 19.8 Å². The first-order valence-electron chi connectivity index (χ1n) is 5.91. The zero-order chi connectivity index (χ0) is 12.3. The molecule has 0 radical (unpaired) electrons. The fourth-order valence-electron chi connectivity index (χ4n) is 1.39. The number of hydrogen-bond acceptors (Lipinski definition) is 2. The lowest BCUT2D eigenvalue weighted by atomic mass is 10.2. The van der Waals surface area contributed by atoms with Crippen molar-refractivity contribution in [3.63, 3.8) is 0 Å². The third kappa shape index (κ3) is 7.16. The van der Waals surface area contributed by atoms with Crippen molar-refractivity contribution in [1.29, 1.82) is 0 Å². The van der Waals surface area contributed by atoms with Crippen LogP contribution in [0.4, 0.5) is 0 Å². The van der Waals surface area contributed by atoms with Crippen molar-refractivity contribution >= 4 is 11.6 Å². The van der Waals surface area contributed by atoms with E-state index in [1.54, 1.807) is 5.54 Å². The molecule has 0 fully saturated rings. The molecule has 0 aliphatic heterocycles. The Labute approximate surface area is 109 Å². The molecule has 0 heterocycles. The summed E-state index contributed by atoms with van der Waals surface area (Å²) in [6, 6.07) is 10.4. The summed E-state index contributed by atoms with van der Waals surface area (Å²) < 4.78 is 5.45. The molecule has 2 nitrogen and oxygen atoms in total. The Morgan fingerprint density at radius 3 is 2.82 bits per heavy atom. The predicted octanol–water partition coefficient (Wildman–Crippen LogP) is 3.33. The molecule has 0 amide bonds. The molecule has 0 aliphatic rings. The highest BCUT2D eigenvalue weighted by molar-refractivity contribution is 6.25. The molecule has 0 saturated carbocycles. The van der Waals surface area contributed by atoms with Crippen LogP contribution in [0.15, 0.2) is 41.4 Å². The van der Waals surface area contributed by atoms with Gasteiger partial charge >= 0.3 is 0 Å². The van der Waals surface area contributed by atoms with Gasteiger partial charge in [0.2, 0.25) is 0 Å². The first-order chi connectivity index (χ1) is 8.33. The zero-order valence-corrected chi connectivity index (χ0v) is 11.0. The molecule has 0 saturated heterocycles. The van der Waals surface area contributed by atoms with E-state index < -0.39 is 0 Å². The van der Waals surface area contributed by atoms with E-state index in [4.69, 9.17) is 16.3 Å². The fraction of sp³-hybridized carbons (Fsp3) is 0.429. The predicted molar refractivity (Wildman–Crippen MR) is 73.2 cm³/mol. The van der Waals surface area contributed by atoms with Gasteiger partial charge in [-0.05, 0) is 31.0 Å². The van der Waals surface area contributed by atoms with Gasteiger partial charge in [-0.3, -0.25) is 0 Å². The molecular weight excluding hydrogens is 234 g/mol. The minimum absolute atomic E-state index is 0.627. The van der Waals surface area contributed by atoms with Gasteiger partial charge in [0.05, 0.1) is 6.61 Å². The normalized spacial score (nSPS) is 11.8. The van der Waals surface area contributed by atoms with Crippen LogP contribution >= 0.6 is 11.6 Å². The van der Waals surface area contributed by atoms with Crippen molar-refractivity contribution in [2.75, 3.05) is 19.8 Å². The van der Waals surface area contributed by atoms with Gasteiger partial charge in [0, 0.05) is 18.7 Å². The van der Waals surface area contributed by atoms with Gasteiger partial charge < -0.3 is 10.1 Å². The molecular formula is C14H20ClNO. The van der Waals surface area contributed by atoms with E-state index >= 15 is 0 Å². The molecule has 94 valence electrons. The van der Waals surface area contributed by atoms with Crippen LogP contribution in [0.25, 0.3) is 0 Å². The molecule has 0 aromatic heterocycles. The molecule has 3 heteroatoms. The number of hydrogen-bond donors (Lipinski definition) is 1. The summed E-state index contributed by atoms with van der Waals surface area (Å²) in [4.78, 5) is 0. The van der Waals surface area contributed by atoms with Crippen molar-refractivity contribution in [1.82, 2.24) is 5.32 Å². The van der Waals surface area contributed by atoms with Gasteiger partial charge in [0.15, 0.2) is 0 Å². The second-order valence-corrected chi connectivity index (χ2v) is 4.24. The molecule has 1 N–H and O–H groups in total. The minimum atomic E-state index is 0.627. The fourth-order valence-corrected chi connectivity index (χ4v) is 1.46. The standard InChI is InChI=1S/C14H20ClNO/c1-13(10-15)12-17-9-5-8-16-11-14-6-3-2-4-7-14/h2-4,6-7,10,16H,5,8-9,11-12H2,1H3/b13-10-. The van der Waals surface area contributed by atoms with Crippen molar-refractivity contribution in [2.24, 2.45) is 0 Å². The molecule has 0 bridgehead atoms. The molecule has 0 spiro atoms. The van der Waals surface area contributed by atoms with Gasteiger partial charge in [-0.1, -0.05) is 41.9 Å². The Morgan fingerprint density at radius 1 is 1.35 bits per heavy atom. The first-order valence-corrected chi connectivity index (χ1v) is 6.35. The van der Waals surface area contributed by atoms with E-state index in [0.29, 0.717) is 6.61 Å². The maximum Gasteiger partial charge on any atom is 0.0685 e. The highest BCUT2D eigenvalue weighted by Crippen LogP contribution is 1.98. The summed E-state index contributed by atoms with van der Waals surface area (Å²) in [6.07, 6.45) is 1.02. The summed E-state index contributed by atoms with van der Waals surface area (Å²) in [5, 5.41) is 3.38. The Hall–Kier alpha value is -0.830. The number of rotatable bonds is 8. The van der Waals surface area contributed by atoms with Crippen LogP contribution < -0.4 is 5.32 Å². The number of nitrogens with one attached hydrogen (secondary N) is 1. The first kappa shape index (κ1) is 14.2. The summed E-state index contributed by atoms with van der Waals surface area (Å²) in [6.45, 7) is 5.24. The number of halogens is 1. The Bertz CT molecular complexity index is 324. The monoisotopic (exact) mass is 253 g/mol. The number of ether oxygens (including phenoxy) is 1. The van der Waals surface area contributed by atoms with E-state index in [2.05, 4.69) is 29.6 Å². The van der Waals surface area contributed by atoms with Gasteiger partial charge in [-0.15, -0.1) is 0 Å². The molecule has 0 atom stereocenters. The van der Waals surface area contributed by atoms with Crippen LogP contribution in [0.2, 0.25) is 0 Å². The average Bonchev–Trinajstić information content (AvgIpc) is 2.38. The lowest BCUT2D eigenvalue weighted by Crippen LogP contribution is -2.16. The third-order valence-electron chi connectivity index (χ3n) is 2.33. The lowest BCUT2D eigenvalue weighted by molar-refractivity contribution is 0.153. The lowest BCUT2D eigenvalue weighted by Gasteiger charge is -2.06. The second-order valence-electron chi connectivity index (χ2n) is 4.02. The highest BCUT2D eigenvalue weighted by atomic mass is 35.5. The highest BCUT2D eigenvalue weighted by Gasteiger charge is 1.92. The van der Waals surface area contributed by atoms with Gasteiger partial charge in [-0.2, -0.15) is 0 Å².